The highest BCUT2D eigenvalue weighted by Gasteiger charge is 2.16. The van der Waals surface area contributed by atoms with Crippen LogP contribution in [0.3, 0.4) is 0 Å². The molecule has 1 aliphatic heterocycles. The molecule has 0 aliphatic carbocycles. The molecule has 0 saturated carbocycles. The van der Waals surface area contributed by atoms with Crippen molar-refractivity contribution in [2.75, 3.05) is 13.2 Å². The predicted octanol–water partition coefficient (Wildman–Crippen LogP) is 2.53. The van der Waals surface area contributed by atoms with Crippen LogP contribution in [0.15, 0.2) is 54.6 Å². The molecule has 1 saturated heterocycles. The van der Waals surface area contributed by atoms with E-state index in [0.717, 1.165) is 25.0 Å². The van der Waals surface area contributed by atoms with Crippen molar-refractivity contribution in [3.63, 3.8) is 0 Å². The summed E-state index contributed by atoms with van der Waals surface area (Å²) in [5.74, 6) is -0.304. The van der Waals surface area contributed by atoms with E-state index in [9.17, 15) is 9.59 Å². The van der Waals surface area contributed by atoms with Gasteiger partial charge >= 0.3 is 0 Å². The van der Waals surface area contributed by atoms with E-state index >= 15 is 0 Å². The molecule has 1 atom stereocenters. The van der Waals surface area contributed by atoms with Crippen molar-refractivity contribution in [2.24, 2.45) is 0 Å². The Labute approximate surface area is 147 Å². The minimum Gasteiger partial charge on any atom is -0.376 e. The largest absolute Gasteiger partial charge is 0.376 e. The Bertz CT molecular complexity index is 707. The number of hydrogen-bond donors (Lipinski definition) is 2. The van der Waals surface area contributed by atoms with E-state index in [1.165, 1.54) is 0 Å². The average molecular weight is 338 g/mol. The molecule has 1 aliphatic rings. The van der Waals surface area contributed by atoms with Crippen LogP contribution in [-0.2, 0) is 11.3 Å². The number of amides is 2. The fourth-order valence-corrected chi connectivity index (χ4v) is 2.77. The summed E-state index contributed by atoms with van der Waals surface area (Å²) in [5, 5.41) is 5.74. The van der Waals surface area contributed by atoms with Gasteiger partial charge in [-0.3, -0.25) is 9.59 Å². The third-order valence-electron chi connectivity index (χ3n) is 4.22. The van der Waals surface area contributed by atoms with Gasteiger partial charge in [0.25, 0.3) is 11.8 Å². The Hall–Kier alpha value is -2.66. The van der Waals surface area contributed by atoms with Gasteiger partial charge in [-0.05, 0) is 42.7 Å². The molecule has 0 bridgehead atoms. The Morgan fingerprint density at radius 1 is 0.920 bits per heavy atom. The molecule has 0 spiro atoms. The van der Waals surface area contributed by atoms with E-state index < -0.39 is 0 Å². The molecule has 2 aromatic rings. The Balaban J connectivity index is 1.50. The molecule has 2 aromatic carbocycles. The van der Waals surface area contributed by atoms with Gasteiger partial charge in [-0.15, -0.1) is 0 Å². The smallest absolute Gasteiger partial charge is 0.251 e. The molecule has 1 unspecified atom stereocenters. The van der Waals surface area contributed by atoms with E-state index in [4.69, 9.17) is 4.74 Å². The van der Waals surface area contributed by atoms with Gasteiger partial charge in [0.05, 0.1) is 6.10 Å². The quantitative estimate of drug-likeness (QED) is 0.850. The van der Waals surface area contributed by atoms with Crippen LogP contribution in [0.1, 0.15) is 39.1 Å². The molecule has 0 aromatic heterocycles. The summed E-state index contributed by atoms with van der Waals surface area (Å²) in [7, 11) is 0. The van der Waals surface area contributed by atoms with Gasteiger partial charge in [-0.2, -0.15) is 0 Å². The molecule has 25 heavy (non-hydrogen) atoms. The number of ether oxygens (including phenoxy) is 1. The number of hydrogen-bond acceptors (Lipinski definition) is 3. The van der Waals surface area contributed by atoms with Crippen LogP contribution < -0.4 is 10.6 Å². The monoisotopic (exact) mass is 338 g/mol. The Morgan fingerprint density at radius 2 is 1.56 bits per heavy atom. The fraction of sp³-hybridized carbons (Fsp3) is 0.300. The molecule has 2 N–H and O–H groups in total. The number of carbonyl (C=O) groups excluding carboxylic acids is 2. The molecule has 0 radical (unpaired) electrons. The number of nitrogens with one attached hydrogen (secondary N) is 2. The summed E-state index contributed by atoms with van der Waals surface area (Å²) in [6, 6.07) is 16.4. The molecule has 1 heterocycles. The van der Waals surface area contributed by atoms with Gasteiger partial charge in [-0.1, -0.05) is 30.3 Å². The van der Waals surface area contributed by atoms with Gasteiger partial charge in [0, 0.05) is 30.8 Å². The second-order valence-corrected chi connectivity index (χ2v) is 6.09. The summed E-state index contributed by atoms with van der Waals surface area (Å²) < 4.78 is 5.49. The highest BCUT2D eigenvalue weighted by molar-refractivity contribution is 5.97. The second kappa shape index (κ2) is 8.44. The van der Waals surface area contributed by atoms with Crippen molar-refractivity contribution >= 4 is 11.8 Å². The van der Waals surface area contributed by atoms with Crippen molar-refractivity contribution in [1.29, 1.82) is 0 Å². The number of carbonyl (C=O) groups is 2. The van der Waals surface area contributed by atoms with E-state index in [1.54, 1.807) is 24.3 Å². The number of rotatable bonds is 6. The zero-order valence-electron chi connectivity index (χ0n) is 14.0. The van der Waals surface area contributed by atoms with Gasteiger partial charge in [0.1, 0.15) is 0 Å². The van der Waals surface area contributed by atoms with Crippen LogP contribution >= 0.6 is 0 Å². The van der Waals surface area contributed by atoms with E-state index in [1.807, 2.05) is 30.3 Å². The first-order valence-electron chi connectivity index (χ1n) is 8.54. The van der Waals surface area contributed by atoms with Crippen molar-refractivity contribution in [1.82, 2.24) is 10.6 Å². The van der Waals surface area contributed by atoms with Gasteiger partial charge in [-0.25, -0.2) is 0 Å². The lowest BCUT2D eigenvalue weighted by Crippen LogP contribution is -2.31. The number of benzene rings is 2. The van der Waals surface area contributed by atoms with Crippen LogP contribution in [-0.4, -0.2) is 31.1 Å². The zero-order valence-corrected chi connectivity index (χ0v) is 14.0. The van der Waals surface area contributed by atoms with Crippen molar-refractivity contribution in [3.8, 4) is 0 Å². The molecule has 2 amide bonds. The highest BCUT2D eigenvalue weighted by Crippen LogP contribution is 2.11. The predicted molar refractivity (Wildman–Crippen MR) is 95.4 cm³/mol. The molecule has 5 nitrogen and oxygen atoms in total. The molecular weight excluding hydrogens is 316 g/mol. The van der Waals surface area contributed by atoms with E-state index in [2.05, 4.69) is 10.6 Å². The summed E-state index contributed by atoms with van der Waals surface area (Å²) in [6.07, 6.45) is 2.15. The third-order valence-corrected chi connectivity index (χ3v) is 4.22. The van der Waals surface area contributed by atoms with Crippen LogP contribution in [0, 0.1) is 0 Å². The summed E-state index contributed by atoms with van der Waals surface area (Å²) in [5.41, 5.74) is 2.12. The first kappa shape index (κ1) is 17.2. The zero-order chi connectivity index (χ0) is 17.5. The standard InChI is InChI=1S/C20H22N2O3/c23-19(21-13-15-5-2-1-3-6-15)16-8-10-17(11-9-16)20(24)22-14-18-7-4-12-25-18/h1-3,5-6,8-11,18H,4,7,12-14H2,(H,21,23)(H,22,24). The maximum absolute atomic E-state index is 12.2. The van der Waals surface area contributed by atoms with Crippen LogP contribution in [0.2, 0.25) is 0 Å². The third kappa shape index (κ3) is 4.90. The normalized spacial score (nSPS) is 16.4. The first-order chi connectivity index (χ1) is 12.2. The lowest BCUT2D eigenvalue weighted by Gasteiger charge is -2.11. The molecule has 130 valence electrons. The van der Waals surface area contributed by atoms with E-state index in [0.29, 0.717) is 24.2 Å². The lowest BCUT2D eigenvalue weighted by atomic mass is 10.1. The SMILES string of the molecule is O=C(NCc1ccccc1)c1ccc(C(=O)NCC2CCCO2)cc1. The summed E-state index contributed by atoms with van der Waals surface area (Å²) in [6.45, 7) is 1.77. The van der Waals surface area contributed by atoms with Crippen LogP contribution in [0.5, 0.6) is 0 Å². The van der Waals surface area contributed by atoms with Gasteiger partial charge in [0.2, 0.25) is 0 Å². The Morgan fingerprint density at radius 3 is 2.16 bits per heavy atom. The maximum Gasteiger partial charge on any atom is 0.251 e. The summed E-state index contributed by atoms with van der Waals surface area (Å²) in [4.78, 5) is 24.3. The average Bonchev–Trinajstić information content (AvgIpc) is 3.19. The van der Waals surface area contributed by atoms with Crippen molar-refractivity contribution < 1.29 is 14.3 Å². The molecular formula is C20H22N2O3. The maximum atomic E-state index is 12.2. The molecule has 1 fully saturated rings. The Kier molecular flexibility index (Phi) is 5.80. The minimum absolute atomic E-state index is 0.118. The van der Waals surface area contributed by atoms with Gasteiger partial charge < -0.3 is 15.4 Å². The van der Waals surface area contributed by atoms with Crippen molar-refractivity contribution in [3.05, 3.63) is 71.3 Å². The van der Waals surface area contributed by atoms with E-state index in [-0.39, 0.29) is 17.9 Å². The summed E-state index contributed by atoms with van der Waals surface area (Å²) >= 11 is 0. The van der Waals surface area contributed by atoms with Crippen LogP contribution in [0.4, 0.5) is 0 Å². The first-order valence-corrected chi connectivity index (χ1v) is 8.54. The van der Waals surface area contributed by atoms with Gasteiger partial charge in [0.15, 0.2) is 0 Å². The topological polar surface area (TPSA) is 67.4 Å². The molecule has 5 heteroatoms. The second-order valence-electron chi connectivity index (χ2n) is 6.09. The molecule has 3 rings (SSSR count). The highest BCUT2D eigenvalue weighted by atomic mass is 16.5. The minimum atomic E-state index is -0.157. The van der Waals surface area contributed by atoms with Crippen LogP contribution in [0.25, 0.3) is 0 Å². The lowest BCUT2D eigenvalue weighted by molar-refractivity contribution is 0.0857. The fourth-order valence-electron chi connectivity index (χ4n) is 2.77. The van der Waals surface area contributed by atoms with Crippen molar-refractivity contribution in [2.45, 2.75) is 25.5 Å².